The smallest absolute Gasteiger partial charge is 0.455 e. The van der Waals surface area contributed by atoms with Crippen LogP contribution in [0.4, 0.5) is 27.8 Å². The number of hydrogen-bond donors (Lipinski definition) is 6. The van der Waals surface area contributed by atoms with Gasteiger partial charge in [-0.15, -0.1) is 0 Å². The molecule has 0 spiro atoms. The number of unbranched alkanes of at least 4 members (excludes halogenated alkanes) is 1. The molecular weight excluding hydrogens is 430 g/mol. The first-order valence-electron chi connectivity index (χ1n) is 10.3. The Morgan fingerprint density at radius 1 is 1.03 bits per heavy atom. The number of amides is 1. The molecule has 0 fully saturated rings. The lowest BCUT2D eigenvalue weighted by molar-refractivity contribution is -0.117. The molecule has 1 aromatic heterocycles. The number of anilines is 4. The molecule has 0 aliphatic carbocycles. The van der Waals surface area contributed by atoms with Gasteiger partial charge in [-0.2, -0.15) is 0 Å². The fourth-order valence-electron chi connectivity index (χ4n) is 2.33. The predicted octanol–water partition coefficient (Wildman–Crippen LogP) is 1.42. The average Bonchev–Trinajstić information content (AvgIpc) is 2.78. The molecule has 1 unspecified atom stereocenters. The molecule has 1 amide bonds. The Hall–Kier alpha value is -3.77. The predicted molar refractivity (Wildman–Crippen MR) is 127 cm³/mol. The Morgan fingerprint density at radius 3 is 2.39 bits per heavy atom. The highest BCUT2D eigenvalue weighted by atomic mass is 16.8. The number of aromatic nitrogens is 1. The van der Waals surface area contributed by atoms with Crippen molar-refractivity contribution >= 4 is 35.1 Å². The van der Waals surface area contributed by atoms with Crippen molar-refractivity contribution in [2.75, 3.05) is 42.5 Å². The van der Waals surface area contributed by atoms with Crippen molar-refractivity contribution in [1.29, 1.82) is 0 Å². The van der Waals surface area contributed by atoms with Gasteiger partial charge >= 0.3 is 6.16 Å². The third-order valence-corrected chi connectivity index (χ3v) is 4.09. The lowest BCUT2D eigenvalue weighted by Crippen LogP contribution is -2.35. The molecule has 0 saturated heterocycles. The van der Waals surface area contributed by atoms with Crippen molar-refractivity contribution in [3.05, 3.63) is 36.4 Å². The second-order valence-electron chi connectivity index (χ2n) is 6.68. The lowest BCUT2D eigenvalue weighted by Gasteiger charge is -2.12. The van der Waals surface area contributed by atoms with Crippen molar-refractivity contribution in [3.8, 4) is 5.75 Å². The van der Waals surface area contributed by atoms with Gasteiger partial charge in [-0.05, 0) is 50.6 Å². The van der Waals surface area contributed by atoms with E-state index in [-0.39, 0.29) is 25.1 Å². The van der Waals surface area contributed by atoms with Crippen LogP contribution in [0.1, 0.15) is 26.2 Å². The van der Waals surface area contributed by atoms with Crippen LogP contribution in [0.3, 0.4) is 0 Å². The van der Waals surface area contributed by atoms with Crippen molar-refractivity contribution < 1.29 is 23.8 Å². The quantitative estimate of drug-likeness (QED) is 0.128. The number of ether oxygens (including phenoxy) is 3. The van der Waals surface area contributed by atoms with Crippen LogP contribution < -0.4 is 38.7 Å². The molecule has 1 atom stereocenters. The highest BCUT2D eigenvalue weighted by Gasteiger charge is 2.13. The SMILES string of the molecule is CCOC(=O)OCOc1ccccc1N.NCCCCC(N)C(=O)Nc1ccc(N)c(N)n1. The molecule has 0 aliphatic rings. The van der Waals surface area contributed by atoms with Crippen LogP contribution in [0.25, 0.3) is 0 Å². The molecule has 0 aliphatic heterocycles. The maximum Gasteiger partial charge on any atom is 0.511 e. The van der Waals surface area contributed by atoms with Gasteiger partial charge in [0.05, 0.1) is 24.0 Å². The Bertz CT molecular complexity index is 882. The molecule has 2 aromatic rings. The van der Waals surface area contributed by atoms with Crippen molar-refractivity contribution in [2.45, 2.75) is 32.2 Å². The molecule has 11 N–H and O–H groups in total. The van der Waals surface area contributed by atoms with Crippen molar-refractivity contribution in [3.63, 3.8) is 0 Å². The van der Waals surface area contributed by atoms with Gasteiger partial charge in [0, 0.05) is 0 Å². The Labute approximate surface area is 192 Å². The van der Waals surface area contributed by atoms with Crippen LogP contribution in [0.2, 0.25) is 0 Å². The number of nitrogens with zero attached hydrogens (tertiary/aromatic N) is 1. The number of nitrogen functional groups attached to an aromatic ring is 3. The van der Waals surface area contributed by atoms with E-state index in [1.807, 2.05) is 0 Å². The van der Waals surface area contributed by atoms with Gasteiger partial charge < -0.3 is 48.2 Å². The number of benzene rings is 1. The Balaban J connectivity index is 0.000000335. The monoisotopic (exact) mass is 463 g/mol. The third kappa shape index (κ3) is 10.9. The third-order valence-electron chi connectivity index (χ3n) is 4.09. The van der Waals surface area contributed by atoms with Gasteiger partial charge in [-0.3, -0.25) is 4.79 Å². The van der Waals surface area contributed by atoms with Gasteiger partial charge in [0.15, 0.2) is 0 Å². The minimum atomic E-state index is -0.757. The van der Waals surface area contributed by atoms with Crippen LogP contribution in [0.15, 0.2) is 36.4 Å². The number of carbonyl (C=O) groups is 2. The molecular formula is C21H33N7O5. The minimum Gasteiger partial charge on any atom is -0.455 e. The molecule has 12 nitrogen and oxygen atoms in total. The van der Waals surface area contributed by atoms with E-state index in [9.17, 15) is 9.59 Å². The number of hydrogen-bond acceptors (Lipinski definition) is 11. The van der Waals surface area contributed by atoms with Crippen LogP contribution >= 0.6 is 0 Å². The second-order valence-corrected chi connectivity index (χ2v) is 6.68. The van der Waals surface area contributed by atoms with Gasteiger partial charge in [0.2, 0.25) is 12.7 Å². The van der Waals surface area contributed by atoms with E-state index >= 15 is 0 Å². The highest BCUT2D eigenvalue weighted by molar-refractivity contribution is 5.94. The summed E-state index contributed by atoms with van der Waals surface area (Å²) in [4.78, 5) is 26.4. The van der Waals surface area contributed by atoms with Crippen LogP contribution in [0.5, 0.6) is 5.75 Å². The van der Waals surface area contributed by atoms with E-state index in [1.54, 1.807) is 43.3 Å². The molecule has 0 bridgehead atoms. The molecule has 182 valence electrons. The van der Waals surface area contributed by atoms with Crippen molar-refractivity contribution in [2.24, 2.45) is 11.5 Å². The van der Waals surface area contributed by atoms with Crippen molar-refractivity contribution in [1.82, 2.24) is 4.98 Å². The molecule has 1 heterocycles. The zero-order valence-corrected chi connectivity index (χ0v) is 18.7. The van der Waals surface area contributed by atoms with E-state index in [1.165, 1.54) is 0 Å². The first-order valence-corrected chi connectivity index (χ1v) is 10.3. The van der Waals surface area contributed by atoms with E-state index in [2.05, 4.69) is 19.8 Å². The van der Waals surface area contributed by atoms with Crippen LogP contribution in [-0.4, -0.2) is 43.0 Å². The van der Waals surface area contributed by atoms with E-state index in [0.717, 1.165) is 12.8 Å². The number of para-hydroxylation sites is 2. The van der Waals surface area contributed by atoms with Gasteiger partial charge in [0.1, 0.15) is 17.4 Å². The summed E-state index contributed by atoms with van der Waals surface area (Å²) in [5.41, 5.74) is 28.6. The molecule has 0 radical (unpaired) electrons. The summed E-state index contributed by atoms with van der Waals surface area (Å²) in [7, 11) is 0. The summed E-state index contributed by atoms with van der Waals surface area (Å²) in [5.74, 6) is 0.718. The van der Waals surface area contributed by atoms with Crippen LogP contribution in [0, 0.1) is 0 Å². The number of carbonyl (C=O) groups excluding carboxylic acids is 2. The maximum absolute atomic E-state index is 11.7. The maximum atomic E-state index is 11.7. The summed E-state index contributed by atoms with van der Waals surface area (Å²) in [6.07, 6.45) is 1.51. The Morgan fingerprint density at radius 2 is 1.76 bits per heavy atom. The summed E-state index contributed by atoms with van der Waals surface area (Å²) in [6, 6.07) is 9.53. The largest absolute Gasteiger partial charge is 0.511 e. The fourth-order valence-corrected chi connectivity index (χ4v) is 2.33. The summed E-state index contributed by atoms with van der Waals surface area (Å²) in [5, 5.41) is 2.59. The topological polar surface area (TPSA) is 217 Å². The summed E-state index contributed by atoms with van der Waals surface area (Å²) < 4.78 is 14.2. The Kier molecular flexibility index (Phi) is 12.5. The first-order chi connectivity index (χ1) is 15.8. The average molecular weight is 464 g/mol. The molecule has 1 aromatic carbocycles. The number of nitrogens with two attached hydrogens (primary N) is 5. The van der Waals surface area contributed by atoms with E-state index < -0.39 is 12.2 Å². The van der Waals surface area contributed by atoms with Gasteiger partial charge in [0.25, 0.3) is 0 Å². The zero-order chi connectivity index (χ0) is 24.6. The fraction of sp³-hybridized carbons (Fsp3) is 0.381. The van der Waals surface area contributed by atoms with E-state index in [0.29, 0.717) is 35.9 Å². The summed E-state index contributed by atoms with van der Waals surface area (Å²) >= 11 is 0. The normalized spacial score (nSPS) is 10.9. The van der Waals surface area contributed by atoms with Gasteiger partial charge in [-0.1, -0.05) is 18.6 Å². The first kappa shape index (κ1) is 27.3. The molecule has 33 heavy (non-hydrogen) atoms. The van der Waals surface area contributed by atoms with Crippen LogP contribution in [-0.2, 0) is 14.3 Å². The molecule has 0 saturated carbocycles. The zero-order valence-electron chi connectivity index (χ0n) is 18.7. The van der Waals surface area contributed by atoms with E-state index in [4.69, 9.17) is 33.4 Å². The van der Waals surface area contributed by atoms with Gasteiger partial charge in [-0.25, -0.2) is 9.78 Å². The minimum absolute atomic E-state index is 0.185. The number of rotatable bonds is 10. The second kappa shape index (κ2) is 15.1. The highest BCUT2D eigenvalue weighted by Crippen LogP contribution is 2.19. The lowest BCUT2D eigenvalue weighted by atomic mass is 10.1. The standard InChI is InChI=1S/C11H20N6O.C10H13NO4/c12-6-2-1-3-8(14)11(18)17-9-5-4-7(13)10(15)16-9;1-2-13-10(12)15-7-14-9-6-4-3-5-8(9)11/h4-5,8H,1-3,6,12-14H2,(H3,15,16,17,18);3-6H,2,7,11H2,1H3. The number of nitrogens with one attached hydrogen (secondary N) is 1. The molecule has 2 rings (SSSR count). The summed E-state index contributed by atoms with van der Waals surface area (Å²) in [6.45, 7) is 2.35. The number of pyridine rings is 1. The molecule has 12 heteroatoms.